The van der Waals surface area contributed by atoms with Crippen LogP contribution >= 0.6 is 0 Å². The molecule has 2 aromatic carbocycles. The summed E-state index contributed by atoms with van der Waals surface area (Å²) in [6.45, 7) is 3.14. The molecule has 2 saturated carbocycles. The second-order valence-corrected chi connectivity index (χ2v) is 10.3. The Bertz CT molecular complexity index is 1150. The smallest absolute Gasteiger partial charge is 0.161 e. The van der Waals surface area contributed by atoms with E-state index in [-0.39, 0.29) is 22.5 Å². The number of Topliss-reactive ketones (excluding diaryl/α,β-unsaturated/α-hetero) is 1. The van der Waals surface area contributed by atoms with Crippen molar-refractivity contribution in [3.63, 3.8) is 0 Å². The lowest BCUT2D eigenvalue weighted by Crippen LogP contribution is -2.67. The number of nitrogens with zero attached hydrogens (tertiary/aromatic N) is 1. The molecule has 4 aliphatic rings. The normalized spacial score (nSPS) is 34.7. The molecule has 1 aliphatic heterocycles. The highest BCUT2D eigenvalue weighted by Crippen LogP contribution is 2.74. The molecular formula is C28H31NO3. The Kier molecular flexibility index (Phi) is 4.20. The van der Waals surface area contributed by atoms with Gasteiger partial charge in [0.2, 0.25) is 0 Å². The van der Waals surface area contributed by atoms with Crippen LogP contribution in [-0.4, -0.2) is 42.5 Å². The molecule has 2 aromatic rings. The number of likely N-dealkylation sites (N-methyl/N-ethyl adjacent to an activating group) is 1. The van der Waals surface area contributed by atoms with Crippen LogP contribution in [-0.2, 0) is 16.6 Å². The number of phenols is 1. The zero-order chi connectivity index (χ0) is 22.3. The molecular weight excluding hydrogens is 398 g/mol. The molecule has 4 bridgehead atoms. The van der Waals surface area contributed by atoms with Crippen LogP contribution in [0.15, 0.2) is 48.0 Å². The number of hydrogen-bond donors (Lipinski definition) is 1. The van der Waals surface area contributed by atoms with E-state index in [2.05, 4.69) is 49.2 Å². The summed E-state index contributed by atoms with van der Waals surface area (Å²) in [6, 6.07) is 14.9. The zero-order valence-electron chi connectivity index (χ0n) is 19.1. The topological polar surface area (TPSA) is 49.8 Å². The third kappa shape index (κ3) is 2.24. The number of fused-ring (bicyclic) bond motifs is 1. The first-order chi connectivity index (χ1) is 15.4. The van der Waals surface area contributed by atoms with Gasteiger partial charge in [-0.2, -0.15) is 0 Å². The average Bonchev–Trinajstić information content (AvgIpc) is 3.04. The van der Waals surface area contributed by atoms with Crippen LogP contribution in [0.4, 0.5) is 0 Å². The highest BCUT2D eigenvalue weighted by atomic mass is 16.5. The number of likely N-dealkylation sites (tertiary alicyclic amines) is 1. The minimum absolute atomic E-state index is 0.0270. The van der Waals surface area contributed by atoms with Gasteiger partial charge < -0.3 is 14.7 Å². The van der Waals surface area contributed by atoms with Gasteiger partial charge in [0.1, 0.15) is 5.78 Å². The minimum Gasteiger partial charge on any atom is -0.504 e. The van der Waals surface area contributed by atoms with E-state index in [0.717, 1.165) is 37.8 Å². The van der Waals surface area contributed by atoms with E-state index in [9.17, 15) is 9.90 Å². The van der Waals surface area contributed by atoms with Crippen LogP contribution in [0.5, 0.6) is 11.5 Å². The lowest BCUT2D eigenvalue weighted by molar-refractivity contribution is -0.138. The molecule has 3 aliphatic carbocycles. The fourth-order valence-electron chi connectivity index (χ4n) is 8.11. The summed E-state index contributed by atoms with van der Waals surface area (Å²) < 4.78 is 5.55. The second kappa shape index (κ2) is 6.71. The first-order valence-electron chi connectivity index (χ1n) is 11.8. The number of hydrogen-bond acceptors (Lipinski definition) is 4. The van der Waals surface area contributed by atoms with Crippen molar-refractivity contribution in [3.8, 4) is 11.5 Å². The molecule has 4 nitrogen and oxygen atoms in total. The monoisotopic (exact) mass is 429 g/mol. The Morgan fingerprint density at radius 1 is 1.16 bits per heavy atom. The van der Waals surface area contributed by atoms with Gasteiger partial charge in [-0.15, -0.1) is 0 Å². The number of ketones is 1. The van der Waals surface area contributed by atoms with Gasteiger partial charge in [0, 0.05) is 34.8 Å². The van der Waals surface area contributed by atoms with Crippen molar-refractivity contribution in [2.24, 2.45) is 11.3 Å². The maximum atomic E-state index is 13.7. The number of allylic oxidation sites excluding steroid dienone is 2. The lowest BCUT2D eigenvalue weighted by atomic mass is 9.44. The minimum atomic E-state index is -0.350. The van der Waals surface area contributed by atoms with Crippen LogP contribution in [0.2, 0.25) is 0 Å². The van der Waals surface area contributed by atoms with Gasteiger partial charge in [-0.1, -0.05) is 42.0 Å². The molecule has 0 spiro atoms. The third-order valence-corrected chi connectivity index (χ3v) is 9.40. The van der Waals surface area contributed by atoms with Crippen molar-refractivity contribution in [3.05, 3.63) is 64.7 Å². The number of ether oxygens (including phenoxy) is 1. The molecule has 0 amide bonds. The summed E-state index contributed by atoms with van der Waals surface area (Å²) in [5, 5.41) is 11.5. The summed E-state index contributed by atoms with van der Waals surface area (Å²) in [6.07, 6.45) is 4.30. The Morgan fingerprint density at radius 2 is 1.94 bits per heavy atom. The largest absolute Gasteiger partial charge is 0.504 e. The molecule has 4 atom stereocenters. The number of carbonyl (C=O) groups is 1. The molecule has 3 fully saturated rings. The average molecular weight is 430 g/mol. The first kappa shape index (κ1) is 20.0. The molecule has 0 unspecified atom stereocenters. The Morgan fingerprint density at radius 3 is 2.69 bits per heavy atom. The quantitative estimate of drug-likeness (QED) is 0.749. The number of piperidine rings is 1. The predicted octanol–water partition coefficient (Wildman–Crippen LogP) is 4.74. The van der Waals surface area contributed by atoms with Crippen molar-refractivity contribution in [1.29, 1.82) is 0 Å². The molecule has 166 valence electrons. The summed E-state index contributed by atoms with van der Waals surface area (Å²) in [5.41, 5.74) is 5.56. The van der Waals surface area contributed by atoms with Crippen LogP contribution in [0.25, 0.3) is 5.57 Å². The van der Waals surface area contributed by atoms with Gasteiger partial charge in [-0.3, -0.25) is 4.79 Å². The number of phenolic OH excluding ortho intramolecular Hbond substituents is 1. The van der Waals surface area contributed by atoms with E-state index >= 15 is 0 Å². The Hall–Kier alpha value is -2.59. The number of benzene rings is 2. The molecule has 32 heavy (non-hydrogen) atoms. The third-order valence-electron chi connectivity index (χ3n) is 9.40. The van der Waals surface area contributed by atoms with Crippen molar-refractivity contribution in [1.82, 2.24) is 4.90 Å². The van der Waals surface area contributed by atoms with Crippen molar-refractivity contribution in [2.75, 3.05) is 20.7 Å². The van der Waals surface area contributed by atoms with Crippen molar-refractivity contribution >= 4 is 11.4 Å². The highest BCUT2D eigenvalue weighted by Gasteiger charge is 2.73. The molecule has 4 heteroatoms. The number of carbonyl (C=O) groups excluding carboxylic acids is 1. The molecule has 1 heterocycles. The van der Waals surface area contributed by atoms with Crippen LogP contribution in [0.1, 0.15) is 49.3 Å². The summed E-state index contributed by atoms with van der Waals surface area (Å²) >= 11 is 0. The van der Waals surface area contributed by atoms with Gasteiger partial charge in [0.05, 0.1) is 7.11 Å². The molecule has 1 N–H and O–H groups in total. The SMILES string of the molecule is COc1ccc2c(c1O)[C@]13CCN(C)[C@@H](C2)[C@]12CCC(=O)[C@@H]3/C(=C(\C)c1ccccc1)C2. The number of aromatic hydroxyl groups is 1. The van der Waals surface area contributed by atoms with E-state index < -0.39 is 0 Å². The van der Waals surface area contributed by atoms with Gasteiger partial charge in [0.25, 0.3) is 0 Å². The van der Waals surface area contributed by atoms with Crippen LogP contribution in [0, 0.1) is 11.3 Å². The van der Waals surface area contributed by atoms with E-state index in [1.807, 2.05) is 12.1 Å². The molecule has 0 aromatic heterocycles. The summed E-state index contributed by atoms with van der Waals surface area (Å²) in [4.78, 5) is 16.3. The maximum absolute atomic E-state index is 13.7. The van der Waals surface area contributed by atoms with E-state index in [1.165, 1.54) is 22.3 Å². The Labute approximate surface area is 189 Å². The number of methoxy groups -OCH3 is 1. The molecule has 6 rings (SSSR count). The Balaban J connectivity index is 1.68. The van der Waals surface area contributed by atoms with Gasteiger partial charge in [-0.25, -0.2) is 0 Å². The van der Waals surface area contributed by atoms with Crippen molar-refractivity contribution < 1.29 is 14.6 Å². The fraction of sp³-hybridized carbons (Fsp3) is 0.464. The first-order valence-corrected chi connectivity index (χ1v) is 11.8. The van der Waals surface area contributed by atoms with Gasteiger partial charge >= 0.3 is 0 Å². The molecule has 1 saturated heterocycles. The predicted molar refractivity (Wildman–Crippen MR) is 125 cm³/mol. The van der Waals surface area contributed by atoms with Gasteiger partial charge in [-0.05, 0) is 69.0 Å². The van der Waals surface area contributed by atoms with E-state index in [4.69, 9.17) is 4.74 Å². The fourth-order valence-corrected chi connectivity index (χ4v) is 8.11. The maximum Gasteiger partial charge on any atom is 0.161 e. The number of rotatable bonds is 2. The van der Waals surface area contributed by atoms with Crippen LogP contribution < -0.4 is 4.74 Å². The standard InChI is InChI=1S/C28H31NO3/c1-17(18-7-5-4-6-8-18)20-16-27-12-11-21(30)25(20)28(27)13-14-29(2)23(27)15-19-9-10-22(32-3)26(31)24(19)28/h4-10,23,25,31H,11-16H2,1-3H3/b20-17+/t23-,25-,27+,28-/m0/s1. The van der Waals surface area contributed by atoms with E-state index in [1.54, 1.807) is 7.11 Å². The van der Waals surface area contributed by atoms with E-state index in [0.29, 0.717) is 24.0 Å². The summed E-state index contributed by atoms with van der Waals surface area (Å²) in [7, 11) is 3.86. The zero-order valence-corrected chi connectivity index (χ0v) is 19.1. The van der Waals surface area contributed by atoms with Gasteiger partial charge in [0.15, 0.2) is 11.5 Å². The molecule has 0 radical (unpaired) electrons. The van der Waals surface area contributed by atoms with Crippen LogP contribution in [0.3, 0.4) is 0 Å². The second-order valence-electron chi connectivity index (χ2n) is 10.3. The summed E-state index contributed by atoms with van der Waals surface area (Å²) in [5.74, 6) is 0.968. The van der Waals surface area contributed by atoms with Crippen molar-refractivity contribution in [2.45, 2.75) is 50.5 Å². The lowest BCUT2D eigenvalue weighted by Gasteiger charge is -2.64. The highest BCUT2D eigenvalue weighted by molar-refractivity contribution is 5.92.